The van der Waals surface area contributed by atoms with Crippen LogP contribution in [0.25, 0.3) is 0 Å². The highest BCUT2D eigenvalue weighted by Crippen LogP contribution is 2.17. The van der Waals surface area contributed by atoms with E-state index in [9.17, 15) is 4.79 Å². The first-order chi connectivity index (χ1) is 10.1. The van der Waals surface area contributed by atoms with Crippen LogP contribution in [-0.2, 0) is 4.79 Å². The van der Waals surface area contributed by atoms with Crippen molar-refractivity contribution in [3.63, 3.8) is 0 Å². The minimum absolute atomic E-state index is 0.0700. The number of likely N-dealkylation sites (tertiary alicyclic amines) is 1. The number of rotatable bonds is 6. The summed E-state index contributed by atoms with van der Waals surface area (Å²) in [6.07, 6.45) is 2.83. The average molecular weight is 311 g/mol. The summed E-state index contributed by atoms with van der Waals surface area (Å²) in [6.45, 7) is 5.74. The van der Waals surface area contributed by atoms with Crippen molar-refractivity contribution in [1.82, 2.24) is 9.88 Å². The van der Waals surface area contributed by atoms with Crippen molar-refractivity contribution in [2.24, 2.45) is 11.7 Å². The number of nitrogens with zero attached hydrogens (tertiary/aromatic N) is 2. The number of anilines is 1. The number of aryl methyl sites for hydroxylation is 1. The smallest absolute Gasteiger partial charge is 0.220 e. The molecule has 1 amide bonds. The summed E-state index contributed by atoms with van der Waals surface area (Å²) in [7, 11) is 0. The van der Waals surface area contributed by atoms with E-state index >= 15 is 0 Å². The van der Waals surface area contributed by atoms with Gasteiger partial charge in [-0.3, -0.25) is 4.79 Å². The number of carbonyl (C=O) groups excluding carboxylic acids is 1. The fourth-order valence-electron chi connectivity index (χ4n) is 2.60. The maximum absolute atomic E-state index is 11.1. The van der Waals surface area contributed by atoms with Gasteiger partial charge >= 0.3 is 0 Å². The second-order valence-corrected chi connectivity index (χ2v) is 5.97. The molecule has 0 unspecified atom stereocenters. The van der Waals surface area contributed by atoms with Gasteiger partial charge in [-0.15, -0.1) is 0 Å². The molecule has 0 spiro atoms. The van der Waals surface area contributed by atoms with Gasteiger partial charge < -0.3 is 16.0 Å². The summed E-state index contributed by atoms with van der Waals surface area (Å²) in [6, 6.07) is 3.76. The highest BCUT2D eigenvalue weighted by atomic mass is 35.5. The third-order valence-corrected chi connectivity index (χ3v) is 4.37. The van der Waals surface area contributed by atoms with E-state index in [1.54, 1.807) is 0 Å². The standard InChI is InChI=1S/C15H23ClN4O/c1-11-13(16)3-4-14(19-11)18-7-2-8-20-9-5-12(6-10-20)15(17)21/h3-4,12H,2,5-10H2,1H3,(H2,17,21)(H,18,19). The number of hydrogen-bond donors (Lipinski definition) is 2. The number of amides is 1. The van der Waals surface area contributed by atoms with Gasteiger partial charge in [0, 0.05) is 12.5 Å². The molecule has 1 aromatic heterocycles. The Bertz CT molecular complexity index is 487. The van der Waals surface area contributed by atoms with E-state index in [0.717, 1.165) is 57.0 Å². The predicted octanol–water partition coefficient (Wildman–Crippen LogP) is 2.04. The van der Waals surface area contributed by atoms with E-state index in [4.69, 9.17) is 17.3 Å². The molecule has 1 aromatic rings. The molecule has 1 aliphatic heterocycles. The van der Waals surface area contributed by atoms with Crippen molar-refractivity contribution in [3.8, 4) is 0 Å². The molecule has 2 rings (SSSR count). The van der Waals surface area contributed by atoms with Crippen molar-refractivity contribution < 1.29 is 4.79 Å². The van der Waals surface area contributed by atoms with Crippen LogP contribution in [0.4, 0.5) is 5.82 Å². The molecular formula is C15H23ClN4O. The number of aromatic nitrogens is 1. The van der Waals surface area contributed by atoms with Crippen LogP contribution in [0.15, 0.2) is 12.1 Å². The Kier molecular flexibility index (Phi) is 5.82. The van der Waals surface area contributed by atoms with E-state index in [-0.39, 0.29) is 11.8 Å². The molecule has 0 atom stereocenters. The maximum atomic E-state index is 11.1. The van der Waals surface area contributed by atoms with E-state index in [1.165, 1.54) is 0 Å². The number of piperidine rings is 1. The molecule has 6 heteroatoms. The molecular weight excluding hydrogens is 288 g/mol. The van der Waals surface area contributed by atoms with Crippen LogP contribution in [-0.4, -0.2) is 42.0 Å². The van der Waals surface area contributed by atoms with Gasteiger partial charge in [-0.1, -0.05) is 11.6 Å². The van der Waals surface area contributed by atoms with Gasteiger partial charge in [-0.2, -0.15) is 0 Å². The van der Waals surface area contributed by atoms with Crippen LogP contribution in [0.5, 0.6) is 0 Å². The van der Waals surface area contributed by atoms with Gasteiger partial charge in [0.2, 0.25) is 5.91 Å². The minimum Gasteiger partial charge on any atom is -0.370 e. The highest BCUT2D eigenvalue weighted by molar-refractivity contribution is 6.31. The molecule has 1 saturated heterocycles. The average Bonchev–Trinajstić information content (AvgIpc) is 2.47. The van der Waals surface area contributed by atoms with Gasteiger partial charge in [0.05, 0.1) is 10.7 Å². The number of nitrogens with one attached hydrogen (secondary N) is 1. The number of pyridine rings is 1. The fourth-order valence-corrected chi connectivity index (χ4v) is 2.71. The summed E-state index contributed by atoms with van der Waals surface area (Å²) in [4.78, 5) is 17.9. The monoisotopic (exact) mass is 310 g/mol. The molecule has 0 saturated carbocycles. The Morgan fingerprint density at radius 3 is 2.81 bits per heavy atom. The molecule has 0 radical (unpaired) electrons. The Hall–Kier alpha value is -1.33. The number of primary amides is 1. The molecule has 116 valence electrons. The highest BCUT2D eigenvalue weighted by Gasteiger charge is 2.22. The molecule has 0 aromatic carbocycles. The van der Waals surface area contributed by atoms with E-state index in [1.807, 2.05) is 19.1 Å². The molecule has 2 heterocycles. The van der Waals surface area contributed by atoms with Crippen molar-refractivity contribution in [2.45, 2.75) is 26.2 Å². The van der Waals surface area contributed by atoms with Crippen molar-refractivity contribution in [3.05, 3.63) is 22.8 Å². The van der Waals surface area contributed by atoms with Gasteiger partial charge in [0.15, 0.2) is 0 Å². The van der Waals surface area contributed by atoms with Crippen molar-refractivity contribution >= 4 is 23.3 Å². The second-order valence-electron chi connectivity index (χ2n) is 5.56. The van der Waals surface area contributed by atoms with Gasteiger partial charge in [-0.05, 0) is 58.0 Å². The lowest BCUT2D eigenvalue weighted by Gasteiger charge is -2.30. The first-order valence-corrected chi connectivity index (χ1v) is 7.83. The van der Waals surface area contributed by atoms with Crippen LogP contribution in [0.2, 0.25) is 5.02 Å². The summed E-state index contributed by atoms with van der Waals surface area (Å²) < 4.78 is 0. The first-order valence-electron chi connectivity index (χ1n) is 7.45. The predicted molar refractivity (Wildman–Crippen MR) is 85.4 cm³/mol. The SMILES string of the molecule is Cc1nc(NCCCN2CCC(C(N)=O)CC2)ccc1Cl. The van der Waals surface area contributed by atoms with Crippen molar-refractivity contribution in [2.75, 3.05) is 31.5 Å². The van der Waals surface area contributed by atoms with Crippen LogP contribution in [0.1, 0.15) is 25.0 Å². The lowest BCUT2D eigenvalue weighted by Crippen LogP contribution is -2.39. The lowest BCUT2D eigenvalue weighted by molar-refractivity contribution is -0.123. The van der Waals surface area contributed by atoms with Gasteiger partial charge in [-0.25, -0.2) is 4.98 Å². The molecule has 1 aliphatic rings. The quantitative estimate of drug-likeness (QED) is 0.789. The molecule has 1 fully saturated rings. The Morgan fingerprint density at radius 1 is 1.48 bits per heavy atom. The largest absolute Gasteiger partial charge is 0.370 e. The number of hydrogen-bond acceptors (Lipinski definition) is 4. The van der Waals surface area contributed by atoms with Crippen LogP contribution in [0, 0.1) is 12.8 Å². The molecule has 21 heavy (non-hydrogen) atoms. The number of nitrogens with two attached hydrogens (primary N) is 1. The van der Waals surface area contributed by atoms with Crippen LogP contribution >= 0.6 is 11.6 Å². The zero-order chi connectivity index (χ0) is 15.2. The lowest BCUT2D eigenvalue weighted by atomic mass is 9.96. The van der Waals surface area contributed by atoms with Crippen molar-refractivity contribution in [1.29, 1.82) is 0 Å². The Balaban J connectivity index is 1.64. The topological polar surface area (TPSA) is 71.2 Å². The van der Waals surface area contributed by atoms with E-state index in [0.29, 0.717) is 5.02 Å². The third-order valence-electron chi connectivity index (χ3n) is 3.97. The zero-order valence-corrected chi connectivity index (χ0v) is 13.2. The first kappa shape index (κ1) is 16.0. The molecule has 0 aliphatic carbocycles. The normalized spacial score (nSPS) is 16.9. The molecule has 3 N–H and O–H groups in total. The Morgan fingerprint density at radius 2 is 2.19 bits per heavy atom. The summed E-state index contributed by atoms with van der Waals surface area (Å²) >= 11 is 5.95. The third kappa shape index (κ3) is 4.86. The van der Waals surface area contributed by atoms with Gasteiger partial charge in [0.25, 0.3) is 0 Å². The van der Waals surface area contributed by atoms with Gasteiger partial charge in [0.1, 0.15) is 5.82 Å². The van der Waals surface area contributed by atoms with E-state index < -0.39 is 0 Å². The fraction of sp³-hybridized carbons (Fsp3) is 0.600. The Labute approximate surface area is 130 Å². The van der Waals surface area contributed by atoms with Crippen LogP contribution < -0.4 is 11.1 Å². The summed E-state index contributed by atoms with van der Waals surface area (Å²) in [5.41, 5.74) is 6.18. The zero-order valence-electron chi connectivity index (χ0n) is 12.4. The van der Waals surface area contributed by atoms with Crippen LogP contribution in [0.3, 0.4) is 0 Å². The molecule has 0 bridgehead atoms. The summed E-state index contributed by atoms with van der Waals surface area (Å²) in [5.74, 6) is 0.783. The molecule has 5 nitrogen and oxygen atoms in total. The second kappa shape index (κ2) is 7.61. The number of carbonyl (C=O) groups is 1. The maximum Gasteiger partial charge on any atom is 0.220 e. The minimum atomic E-state index is -0.152. The summed E-state index contributed by atoms with van der Waals surface area (Å²) in [5, 5.41) is 4.00. The number of halogens is 1. The van der Waals surface area contributed by atoms with E-state index in [2.05, 4.69) is 15.2 Å².